The minimum Gasteiger partial charge on any atom is -0.493 e. The highest BCUT2D eigenvalue weighted by atomic mass is 32.2. The summed E-state index contributed by atoms with van der Waals surface area (Å²) in [5, 5.41) is 13.6. The van der Waals surface area contributed by atoms with E-state index >= 15 is 0 Å². The second-order valence-electron chi connectivity index (χ2n) is 6.91. The number of hydrogen-bond donors (Lipinski definition) is 1. The molecule has 2 aromatic carbocycles. The Morgan fingerprint density at radius 1 is 1.06 bits per heavy atom. The Bertz CT molecular complexity index is 1260. The first kappa shape index (κ1) is 22.0. The van der Waals surface area contributed by atoms with Gasteiger partial charge in [-0.1, -0.05) is 35.6 Å². The van der Waals surface area contributed by atoms with Gasteiger partial charge in [0.25, 0.3) is 5.91 Å². The molecule has 0 saturated heterocycles. The van der Waals surface area contributed by atoms with Crippen molar-refractivity contribution < 1.29 is 14.3 Å². The highest BCUT2D eigenvalue weighted by Crippen LogP contribution is 2.31. The van der Waals surface area contributed by atoms with Crippen molar-refractivity contribution in [2.24, 2.45) is 0 Å². The first-order valence-corrected chi connectivity index (χ1v) is 11.6. The van der Waals surface area contributed by atoms with Crippen LogP contribution in [-0.2, 0) is 6.42 Å². The highest BCUT2D eigenvalue weighted by Gasteiger charge is 2.15. The van der Waals surface area contributed by atoms with E-state index in [9.17, 15) is 4.79 Å². The van der Waals surface area contributed by atoms with E-state index in [1.165, 1.54) is 23.1 Å². The number of fused-ring (bicyclic) bond motifs is 1. The molecule has 4 rings (SSSR count). The third kappa shape index (κ3) is 5.00. The van der Waals surface area contributed by atoms with E-state index in [1.54, 1.807) is 14.2 Å². The first-order chi connectivity index (χ1) is 15.6. The van der Waals surface area contributed by atoms with Crippen molar-refractivity contribution in [2.75, 3.05) is 20.8 Å². The molecule has 1 amide bonds. The SMILES string of the molecule is COc1ccc(CCNC(=O)c2cc(Sc3nnc(C)s3)nc3ccccc23)cc1OC. The van der Waals surface area contributed by atoms with Gasteiger partial charge < -0.3 is 14.8 Å². The van der Waals surface area contributed by atoms with Gasteiger partial charge in [-0.15, -0.1) is 10.2 Å². The van der Waals surface area contributed by atoms with Crippen LogP contribution < -0.4 is 14.8 Å². The molecule has 1 N–H and O–H groups in total. The van der Waals surface area contributed by atoms with Crippen molar-refractivity contribution in [3.05, 3.63) is 64.7 Å². The summed E-state index contributed by atoms with van der Waals surface area (Å²) in [5.74, 6) is 1.21. The van der Waals surface area contributed by atoms with Crippen LogP contribution in [0.2, 0.25) is 0 Å². The summed E-state index contributed by atoms with van der Waals surface area (Å²) in [7, 11) is 3.21. The van der Waals surface area contributed by atoms with E-state index in [-0.39, 0.29) is 5.91 Å². The van der Waals surface area contributed by atoms with Gasteiger partial charge in [0.05, 0.1) is 25.3 Å². The average molecular weight is 467 g/mol. The van der Waals surface area contributed by atoms with Crippen LogP contribution in [0.25, 0.3) is 10.9 Å². The maximum absolute atomic E-state index is 13.1. The number of nitrogens with one attached hydrogen (secondary N) is 1. The van der Waals surface area contributed by atoms with Gasteiger partial charge >= 0.3 is 0 Å². The quantitative estimate of drug-likeness (QED) is 0.408. The van der Waals surface area contributed by atoms with Crippen molar-refractivity contribution in [2.45, 2.75) is 22.7 Å². The molecule has 0 unspecified atom stereocenters. The van der Waals surface area contributed by atoms with Crippen LogP contribution in [0.4, 0.5) is 0 Å². The van der Waals surface area contributed by atoms with Gasteiger partial charge in [0.15, 0.2) is 15.8 Å². The maximum Gasteiger partial charge on any atom is 0.252 e. The third-order valence-electron chi connectivity index (χ3n) is 4.78. The lowest BCUT2D eigenvalue weighted by Gasteiger charge is -2.11. The second-order valence-corrected chi connectivity index (χ2v) is 9.36. The molecule has 0 bridgehead atoms. The highest BCUT2D eigenvalue weighted by molar-refractivity contribution is 8.01. The Morgan fingerprint density at radius 2 is 1.88 bits per heavy atom. The van der Waals surface area contributed by atoms with Crippen molar-refractivity contribution >= 4 is 39.9 Å². The number of pyridine rings is 1. The summed E-state index contributed by atoms with van der Waals surface area (Å²) >= 11 is 2.91. The minimum absolute atomic E-state index is 0.139. The molecule has 164 valence electrons. The van der Waals surface area contributed by atoms with Crippen molar-refractivity contribution in [1.82, 2.24) is 20.5 Å². The molecular weight excluding hydrogens is 444 g/mol. The van der Waals surface area contributed by atoms with Crippen molar-refractivity contribution in [1.29, 1.82) is 0 Å². The number of benzene rings is 2. The predicted molar refractivity (Wildman–Crippen MR) is 126 cm³/mol. The number of hydrogen-bond acceptors (Lipinski definition) is 8. The van der Waals surface area contributed by atoms with Gasteiger partial charge in [0.1, 0.15) is 10.0 Å². The van der Waals surface area contributed by atoms with Crippen molar-refractivity contribution in [3.8, 4) is 11.5 Å². The summed E-state index contributed by atoms with van der Waals surface area (Å²) in [6, 6.07) is 15.2. The third-order valence-corrected chi connectivity index (χ3v) is 6.59. The normalized spacial score (nSPS) is 10.8. The zero-order valence-corrected chi connectivity index (χ0v) is 19.5. The Hall–Kier alpha value is -3.17. The molecule has 7 nitrogen and oxygen atoms in total. The number of para-hydroxylation sites is 1. The van der Waals surface area contributed by atoms with E-state index in [1.807, 2.05) is 55.5 Å². The number of ether oxygens (including phenoxy) is 2. The molecule has 2 aromatic heterocycles. The number of carbonyl (C=O) groups is 1. The maximum atomic E-state index is 13.1. The largest absolute Gasteiger partial charge is 0.493 e. The van der Waals surface area contributed by atoms with Crippen LogP contribution >= 0.6 is 23.1 Å². The van der Waals surface area contributed by atoms with E-state index in [0.29, 0.717) is 35.1 Å². The van der Waals surface area contributed by atoms with E-state index in [2.05, 4.69) is 20.5 Å². The molecule has 0 spiro atoms. The lowest BCUT2D eigenvalue weighted by atomic mass is 10.1. The van der Waals surface area contributed by atoms with Gasteiger partial charge in [-0.2, -0.15) is 0 Å². The zero-order valence-electron chi connectivity index (χ0n) is 17.9. The monoisotopic (exact) mass is 466 g/mol. The fraction of sp³-hybridized carbons (Fsp3) is 0.217. The Balaban J connectivity index is 1.51. The van der Waals surface area contributed by atoms with E-state index in [0.717, 1.165) is 25.8 Å². The van der Waals surface area contributed by atoms with Gasteiger partial charge in [-0.05, 0) is 54.9 Å². The molecule has 9 heteroatoms. The predicted octanol–water partition coefficient (Wildman–Crippen LogP) is 4.54. The van der Waals surface area contributed by atoms with Gasteiger partial charge in [0, 0.05) is 11.9 Å². The van der Waals surface area contributed by atoms with Crippen LogP contribution in [-0.4, -0.2) is 41.9 Å². The zero-order chi connectivity index (χ0) is 22.5. The van der Waals surface area contributed by atoms with Crippen LogP contribution in [0.15, 0.2) is 57.9 Å². The van der Waals surface area contributed by atoms with Crippen LogP contribution in [0.5, 0.6) is 11.5 Å². The number of aromatic nitrogens is 3. The average Bonchev–Trinajstić information content (AvgIpc) is 3.22. The van der Waals surface area contributed by atoms with Crippen molar-refractivity contribution in [3.63, 3.8) is 0 Å². The molecular formula is C23H22N4O3S2. The fourth-order valence-electron chi connectivity index (χ4n) is 3.25. The standard InChI is InChI=1S/C23H22N4O3S2/c1-14-26-27-23(31-14)32-21-13-17(16-6-4-5-7-18(16)25-21)22(28)24-11-10-15-8-9-19(29-2)20(12-15)30-3/h4-9,12-13H,10-11H2,1-3H3,(H,24,28). The number of nitrogens with zero attached hydrogens (tertiary/aromatic N) is 3. The molecule has 0 aliphatic rings. The van der Waals surface area contributed by atoms with Gasteiger partial charge in [0.2, 0.25) is 0 Å². The lowest BCUT2D eigenvalue weighted by molar-refractivity contribution is 0.0955. The number of aryl methyl sites for hydroxylation is 1. The first-order valence-electron chi connectivity index (χ1n) is 9.94. The molecule has 2 heterocycles. The van der Waals surface area contributed by atoms with Crippen LogP contribution in [0.1, 0.15) is 20.9 Å². The lowest BCUT2D eigenvalue weighted by Crippen LogP contribution is -2.26. The molecule has 0 atom stereocenters. The molecule has 0 radical (unpaired) electrons. The molecule has 0 aliphatic heterocycles. The number of rotatable bonds is 8. The molecule has 32 heavy (non-hydrogen) atoms. The van der Waals surface area contributed by atoms with E-state index < -0.39 is 0 Å². The van der Waals surface area contributed by atoms with E-state index in [4.69, 9.17) is 9.47 Å². The summed E-state index contributed by atoms with van der Waals surface area (Å²) in [6.45, 7) is 2.40. The van der Waals surface area contributed by atoms with Gasteiger partial charge in [-0.25, -0.2) is 4.98 Å². The Morgan fingerprint density at radius 3 is 2.62 bits per heavy atom. The molecule has 0 aliphatic carbocycles. The Kier molecular flexibility index (Phi) is 6.87. The van der Waals surface area contributed by atoms with Crippen LogP contribution in [0, 0.1) is 6.92 Å². The topological polar surface area (TPSA) is 86.2 Å². The number of carbonyl (C=O) groups excluding carboxylic acids is 1. The molecule has 4 aromatic rings. The van der Waals surface area contributed by atoms with Crippen LogP contribution in [0.3, 0.4) is 0 Å². The summed E-state index contributed by atoms with van der Waals surface area (Å²) < 4.78 is 11.4. The fourth-order valence-corrected chi connectivity index (χ4v) is 5.03. The summed E-state index contributed by atoms with van der Waals surface area (Å²) in [6.07, 6.45) is 0.667. The minimum atomic E-state index is -0.139. The second kappa shape index (κ2) is 9.97. The summed E-state index contributed by atoms with van der Waals surface area (Å²) in [4.78, 5) is 17.7. The van der Waals surface area contributed by atoms with Gasteiger partial charge in [-0.3, -0.25) is 4.79 Å². The number of amides is 1. The number of methoxy groups -OCH3 is 2. The molecule has 0 fully saturated rings. The Labute approximate surface area is 194 Å². The smallest absolute Gasteiger partial charge is 0.252 e. The molecule has 0 saturated carbocycles. The summed E-state index contributed by atoms with van der Waals surface area (Å²) in [5.41, 5.74) is 2.40.